The van der Waals surface area contributed by atoms with Gasteiger partial charge in [-0.25, -0.2) is 0 Å². The zero-order valence-corrected chi connectivity index (χ0v) is 18.0. The molecule has 6 heteroatoms. The average Bonchev–Trinajstić information content (AvgIpc) is 3.21. The minimum atomic E-state index is 0.258. The summed E-state index contributed by atoms with van der Waals surface area (Å²) in [6.45, 7) is 7.08. The van der Waals surface area contributed by atoms with Crippen molar-refractivity contribution in [3.05, 3.63) is 35.9 Å². The lowest BCUT2D eigenvalue weighted by molar-refractivity contribution is -0.134. The Morgan fingerprint density at radius 1 is 1.21 bits per heavy atom. The largest absolute Gasteiger partial charge is 0.376 e. The zero-order valence-electron chi connectivity index (χ0n) is 18.0. The predicted octanol–water partition coefficient (Wildman–Crippen LogP) is 2.89. The van der Waals surface area contributed by atoms with Crippen molar-refractivity contribution in [3.8, 4) is 0 Å². The van der Waals surface area contributed by atoms with Crippen LogP contribution in [0.3, 0.4) is 0 Å². The molecule has 0 aromatic heterocycles. The molecule has 0 spiro atoms. The molecule has 0 aliphatic carbocycles. The van der Waals surface area contributed by atoms with E-state index in [-0.39, 0.29) is 5.91 Å². The molecule has 1 aromatic rings. The van der Waals surface area contributed by atoms with E-state index in [2.05, 4.69) is 34.3 Å². The zero-order chi connectivity index (χ0) is 20.5. The number of nitrogens with one attached hydrogen (secondary N) is 1. The Bertz CT molecular complexity index is 664. The van der Waals surface area contributed by atoms with Gasteiger partial charge in [-0.1, -0.05) is 30.3 Å². The highest BCUT2D eigenvalue weighted by Gasteiger charge is 2.26. The number of hydrogen-bond acceptors (Lipinski definition) is 3. The molecule has 2 fully saturated rings. The summed E-state index contributed by atoms with van der Waals surface area (Å²) in [5.41, 5.74) is 1.22. The third-order valence-corrected chi connectivity index (χ3v) is 6.01. The molecule has 2 aliphatic heterocycles. The fraction of sp³-hybridized carbons (Fsp3) is 0.652. The number of rotatable bonds is 7. The second-order valence-electron chi connectivity index (χ2n) is 8.26. The molecule has 0 bridgehead atoms. The van der Waals surface area contributed by atoms with Gasteiger partial charge in [0.15, 0.2) is 5.96 Å². The van der Waals surface area contributed by atoms with E-state index in [4.69, 9.17) is 4.74 Å². The smallest absolute Gasteiger partial charge is 0.224 e. The Morgan fingerprint density at radius 3 is 2.79 bits per heavy atom. The second-order valence-corrected chi connectivity index (χ2v) is 8.26. The number of amides is 1. The standard InChI is InChI=1S/C23H36N4O2/c1-19-8-6-7-14-27(19)22(28)11-13-25-23(24-2)26-15-12-21(16-26)18-29-17-20-9-4-3-5-10-20/h3-5,9-10,19,21H,6-8,11-18H2,1-2H3,(H,24,25). The summed E-state index contributed by atoms with van der Waals surface area (Å²) in [4.78, 5) is 21.3. The molecule has 2 atom stereocenters. The van der Waals surface area contributed by atoms with Crippen LogP contribution in [0, 0.1) is 5.92 Å². The molecule has 160 valence electrons. The summed E-state index contributed by atoms with van der Waals surface area (Å²) in [7, 11) is 1.82. The average molecular weight is 401 g/mol. The predicted molar refractivity (Wildman–Crippen MR) is 117 cm³/mol. The third-order valence-electron chi connectivity index (χ3n) is 6.01. The van der Waals surface area contributed by atoms with Crippen LogP contribution in [-0.4, -0.2) is 67.5 Å². The van der Waals surface area contributed by atoms with Crippen molar-refractivity contribution in [1.82, 2.24) is 15.1 Å². The van der Waals surface area contributed by atoms with Gasteiger partial charge in [-0.05, 0) is 38.2 Å². The summed E-state index contributed by atoms with van der Waals surface area (Å²) in [6.07, 6.45) is 5.14. The van der Waals surface area contributed by atoms with Gasteiger partial charge in [0.05, 0.1) is 13.2 Å². The summed E-state index contributed by atoms with van der Waals surface area (Å²) >= 11 is 0. The monoisotopic (exact) mass is 400 g/mol. The highest BCUT2D eigenvalue weighted by atomic mass is 16.5. The molecule has 2 saturated heterocycles. The lowest BCUT2D eigenvalue weighted by Gasteiger charge is -2.33. The number of benzene rings is 1. The molecular formula is C23H36N4O2. The van der Waals surface area contributed by atoms with Crippen molar-refractivity contribution in [1.29, 1.82) is 0 Å². The van der Waals surface area contributed by atoms with E-state index in [0.29, 0.717) is 31.5 Å². The molecule has 0 saturated carbocycles. The van der Waals surface area contributed by atoms with Crippen LogP contribution >= 0.6 is 0 Å². The van der Waals surface area contributed by atoms with Crippen LogP contribution in [0.2, 0.25) is 0 Å². The van der Waals surface area contributed by atoms with Gasteiger partial charge in [0.2, 0.25) is 5.91 Å². The van der Waals surface area contributed by atoms with E-state index in [1.807, 2.05) is 30.1 Å². The fourth-order valence-corrected chi connectivity index (χ4v) is 4.30. The van der Waals surface area contributed by atoms with Crippen LogP contribution in [0.25, 0.3) is 0 Å². The maximum Gasteiger partial charge on any atom is 0.224 e. The fourth-order valence-electron chi connectivity index (χ4n) is 4.30. The number of ether oxygens (including phenoxy) is 1. The van der Waals surface area contributed by atoms with Crippen LogP contribution in [0.5, 0.6) is 0 Å². The number of piperidine rings is 1. The molecule has 1 N–H and O–H groups in total. The third kappa shape index (κ3) is 6.46. The lowest BCUT2D eigenvalue weighted by Crippen LogP contribution is -2.45. The molecule has 1 amide bonds. The van der Waals surface area contributed by atoms with E-state index < -0.39 is 0 Å². The van der Waals surface area contributed by atoms with Gasteiger partial charge in [0.1, 0.15) is 0 Å². The minimum absolute atomic E-state index is 0.258. The number of aliphatic imine (C=N–C) groups is 1. The number of nitrogens with zero attached hydrogens (tertiary/aromatic N) is 3. The number of carbonyl (C=O) groups is 1. The van der Waals surface area contributed by atoms with E-state index >= 15 is 0 Å². The SMILES string of the molecule is CN=C(NCCC(=O)N1CCCCC1C)N1CCC(COCc2ccccc2)C1. The molecule has 1 aromatic carbocycles. The number of likely N-dealkylation sites (tertiary alicyclic amines) is 2. The van der Waals surface area contributed by atoms with E-state index in [1.165, 1.54) is 12.0 Å². The van der Waals surface area contributed by atoms with Gasteiger partial charge < -0.3 is 19.9 Å². The Hall–Kier alpha value is -2.08. The number of guanidine groups is 1. The van der Waals surface area contributed by atoms with Gasteiger partial charge in [-0.3, -0.25) is 9.79 Å². The van der Waals surface area contributed by atoms with E-state index in [0.717, 1.165) is 51.5 Å². The topological polar surface area (TPSA) is 57.2 Å². The summed E-state index contributed by atoms with van der Waals surface area (Å²) in [5.74, 6) is 1.68. The molecule has 29 heavy (non-hydrogen) atoms. The maximum absolute atomic E-state index is 12.5. The number of hydrogen-bond donors (Lipinski definition) is 1. The summed E-state index contributed by atoms with van der Waals surface area (Å²) in [6, 6.07) is 10.7. The van der Waals surface area contributed by atoms with Crippen LogP contribution in [-0.2, 0) is 16.1 Å². The minimum Gasteiger partial charge on any atom is -0.376 e. The first kappa shape index (κ1) is 21.6. The van der Waals surface area contributed by atoms with Crippen molar-refractivity contribution < 1.29 is 9.53 Å². The Kier molecular flexibility index (Phi) is 8.35. The second kappa shape index (κ2) is 11.2. The van der Waals surface area contributed by atoms with Gasteiger partial charge in [-0.15, -0.1) is 0 Å². The van der Waals surface area contributed by atoms with Crippen LogP contribution < -0.4 is 5.32 Å². The van der Waals surface area contributed by atoms with Crippen LogP contribution in [0.15, 0.2) is 35.3 Å². The molecular weight excluding hydrogens is 364 g/mol. The Morgan fingerprint density at radius 2 is 2.03 bits per heavy atom. The first-order valence-electron chi connectivity index (χ1n) is 11.0. The van der Waals surface area contributed by atoms with E-state index in [1.54, 1.807) is 0 Å². The van der Waals surface area contributed by atoms with Gasteiger partial charge >= 0.3 is 0 Å². The molecule has 6 nitrogen and oxygen atoms in total. The molecule has 3 rings (SSSR count). The molecule has 0 radical (unpaired) electrons. The first-order chi connectivity index (χ1) is 14.2. The van der Waals surface area contributed by atoms with Crippen LogP contribution in [0.4, 0.5) is 0 Å². The van der Waals surface area contributed by atoms with Crippen molar-refractivity contribution in [3.63, 3.8) is 0 Å². The number of carbonyl (C=O) groups excluding carboxylic acids is 1. The lowest BCUT2D eigenvalue weighted by atomic mass is 10.0. The van der Waals surface area contributed by atoms with Gasteiger partial charge in [-0.2, -0.15) is 0 Å². The Labute approximate surface area is 175 Å². The summed E-state index contributed by atoms with van der Waals surface area (Å²) in [5, 5.41) is 3.39. The highest BCUT2D eigenvalue weighted by Crippen LogP contribution is 2.18. The molecule has 2 aliphatic rings. The Balaban J connectivity index is 1.35. The van der Waals surface area contributed by atoms with Crippen molar-refractivity contribution in [2.75, 3.05) is 39.8 Å². The first-order valence-corrected chi connectivity index (χ1v) is 11.0. The summed E-state index contributed by atoms with van der Waals surface area (Å²) < 4.78 is 5.92. The highest BCUT2D eigenvalue weighted by molar-refractivity contribution is 5.81. The van der Waals surface area contributed by atoms with Gasteiger partial charge in [0.25, 0.3) is 0 Å². The quantitative estimate of drug-likeness (QED) is 0.565. The van der Waals surface area contributed by atoms with Crippen LogP contribution in [0.1, 0.15) is 44.6 Å². The van der Waals surface area contributed by atoms with E-state index in [9.17, 15) is 4.79 Å². The van der Waals surface area contributed by atoms with Gasteiger partial charge in [0, 0.05) is 51.6 Å². The maximum atomic E-state index is 12.5. The molecule has 2 unspecified atom stereocenters. The van der Waals surface area contributed by atoms with Crippen molar-refractivity contribution in [2.45, 2.75) is 51.7 Å². The van der Waals surface area contributed by atoms with Crippen molar-refractivity contribution in [2.24, 2.45) is 10.9 Å². The normalized spacial score (nSPS) is 22.8. The van der Waals surface area contributed by atoms with Crippen molar-refractivity contribution >= 4 is 11.9 Å². The molecule has 2 heterocycles.